The Morgan fingerprint density at radius 3 is 2.78 bits per heavy atom. The van der Waals surface area contributed by atoms with Crippen LogP contribution in [0.5, 0.6) is 5.75 Å². The number of thioether (sulfide) groups is 1. The van der Waals surface area contributed by atoms with Gasteiger partial charge in [0.05, 0.1) is 0 Å². The van der Waals surface area contributed by atoms with E-state index in [4.69, 9.17) is 10.00 Å². The summed E-state index contributed by atoms with van der Waals surface area (Å²) in [6.07, 6.45) is 2.12. The summed E-state index contributed by atoms with van der Waals surface area (Å²) < 4.78 is 5.61. The number of hydrogen-bond acceptors (Lipinski definition) is 4. The van der Waals surface area contributed by atoms with Crippen LogP contribution in [-0.2, 0) is 6.54 Å². The predicted octanol–water partition coefficient (Wildman–Crippen LogP) is 2.82. The van der Waals surface area contributed by atoms with Crippen LogP contribution in [0.4, 0.5) is 0 Å². The number of ether oxygens (including phenoxy) is 1. The summed E-state index contributed by atoms with van der Waals surface area (Å²) in [6, 6.07) is 9.80. The molecule has 98 valence electrons. The fourth-order valence-corrected chi connectivity index (χ4v) is 1.72. The molecule has 1 rings (SSSR count). The van der Waals surface area contributed by atoms with Gasteiger partial charge >= 0.3 is 0 Å². The van der Waals surface area contributed by atoms with Gasteiger partial charge in [-0.3, -0.25) is 0 Å². The summed E-state index contributed by atoms with van der Waals surface area (Å²) in [7, 11) is 0. The van der Waals surface area contributed by atoms with Gasteiger partial charge in [-0.25, -0.2) is 0 Å². The highest BCUT2D eigenvalue weighted by Crippen LogP contribution is 2.21. The van der Waals surface area contributed by atoms with Crippen LogP contribution in [0.1, 0.15) is 19.4 Å². The molecule has 1 N–H and O–H groups in total. The zero-order valence-electron chi connectivity index (χ0n) is 11.2. The van der Waals surface area contributed by atoms with Gasteiger partial charge in [0.25, 0.3) is 0 Å². The van der Waals surface area contributed by atoms with E-state index in [9.17, 15) is 0 Å². The molecule has 0 aliphatic heterocycles. The first-order valence-electron chi connectivity index (χ1n) is 5.92. The standard InChI is InChI=1S/C14H20N2OS/c1-14(2,18-3)11-16-10-12-6-4-5-7-13(12)17-9-8-15/h4-7,16H,9-11H2,1-3H3. The number of nitriles is 1. The van der Waals surface area contributed by atoms with Crippen LogP contribution in [0, 0.1) is 11.3 Å². The van der Waals surface area contributed by atoms with Crippen molar-refractivity contribution in [3.63, 3.8) is 0 Å². The summed E-state index contributed by atoms with van der Waals surface area (Å²) in [5, 5.41) is 12.0. The lowest BCUT2D eigenvalue weighted by Gasteiger charge is -2.22. The molecule has 0 heterocycles. The van der Waals surface area contributed by atoms with E-state index < -0.39 is 0 Å². The SMILES string of the molecule is CSC(C)(C)CNCc1ccccc1OCC#N. The fraction of sp³-hybridized carbons (Fsp3) is 0.500. The van der Waals surface area contributed by atoms with Crippen LogP contribution in [-0.4, -0.2) is 24.2 Å². The van der Waals surface area contributed by atoms with E-state index in [-0.39, 0.29) is 11.4 Å². The van der Waals surface area contributed by atoms with E-state index in [1.165, 1.54) is 0 Å². The van der Waals surface area contributed by atoms with Gasteiger partial charge in [-0.2, -0.15) is 17.0 Å². The van der Waals surface area contributed by atoms with Crippen LogP contribution in [0.15, 0.2) is 24.3 Å². The number of para-hydroxylation sites is 1. The molecule has 0 atom stereocenters. The molecule has 0 saturated heterocycles. The van der Waals surface area contributed by atoms with Crippen molar-refractivity contribution in [1.29, 1.82) is 5.26 Å². The Morgan fingerprint density at radius 2 is 2.11 bits per heavy atom. The van der Waals surface area contributed by atoms with E-state index in [1.807, 2.05) is 42.1 Å². The Kier molecular flexibility index (Phi) is 6.03. The molecule has 18 heavy (non-hydrogen) atoms. The first kappa shape index (κ1) is 14.9. The predicted molar refractivity (Wildman–Crippen MR) is 76.9 cm³/mol. The topological polar surface area (TPSA) is 45.0 Å². The first-order chi connectivity index (χ1) is 8.59. The van der Waals surface area contributed by atoms with Gasteiger partial charge < -0.3 is 10.1 Å². The van der Waals surface area contributed by atoms with Crippen LogP contribution in [0.3, 0.4) is 0 Å². The zero-order chi connectivity index (χ0) is 13.4. The molecular weight excluding hydrogens is 244 g/mol. The molecule has 1 aromatic rings. The van der Waals surface area contributed by atoms with Crippen molar-refractivity contribution < 1.29 is 4.74 Å². The smallest absolute Gasteiger partial charge is 0.174 e. The minimum absolute atomic E-state index is 0.0906. The highest BCUT2D eigenvalue weighted by Gasteiger charge is 2.15. The summed E-state index contributed by atoms with van der Waals surface area (Å²) in [5.41, 5.74) is 1.09. The highest BCUT2D eigenvalue weighted by atomic mass is 32.2. The minimum atomic E-state index is 0.0906. The van der Waals surface area contributed by atoms with Gasteiger partial charge in [0, 0.05) is 23.4 Å². The number of nitrogens with zero attached hydrogens (tertiary/aromatic N) is 1. The molecule has 0 radical (unpaired) electrons. The van der Waals surface area contributed by atoms with Gasteiger partial charge in [0.1, 0.15) is 11.8 Å². The van der Waals surface area contributed by atoms with E-state index >= 15 is 0 Å². The van der Waals surface area contributed by atoms with Gasteiger partial charge in [-0.1, -0.05) is 18.2 Å². The zero-order valence-corrected chi connectivity index (χ0v) is 12.0. The monoisotopic (exact) mass is 264 g/mol. The van der Waals surface area contributed by atoms with Gasteiger partial charge in [0.15, 0.2) is 6.61 Å². The van der Waals surface area contributed by atoms with Crippen LogP contribution in [0.2, 0.25) is 0 Å². The van der Waals surface area contributed by atoms with Crippen LogP contribution in [0.25, 0.3) is 0 Å². The molecule has 3 nitrogen and oxygen atoms in total. The quantitative estimate of drug-likeness (QED) is 0.822. The molecule has 0 aliphatic rings. The molecule has 0 unspecified atom stereocenters. The Bertz CT molecular complexity index is 413. The van der Waals surface area contributed by atoms with E-state index in [0.717, 1.165) is 24.4 Å². The molecule has 0 aliphatic carbocycles. The molecule has 0 spiro atoms. The second-order valence-electron chi connectivity index (χ2n) is 4.62. The summed E-state index contributed by atoms with van der Waals surface area (Å²) in [4.78, 5) is 0. The minimum Gasteiger partial charge on any atom is -0.478 e. The number of hydrogen-bond donors (Lipinski definition) is 1. The van der Waals surface area contributed by atoms with Gasteiger partial charge in [-0.15, -0.1) is 0 Å². The average Bonchev–Trinajstić information content (AvgIpc) is 2.37. The Hall–Kier alpha value is -1.18. The largest absolute Gasteiger partial charge is 0.478 e. The molecule has 0 bridgehead atoms. The molecule has 0 fully saturated rings. The molecule has 0 aromatic heterocycles. The second kappa shape index (κ2) is 7.30. The van der Waals surface area contributed by atoms with Crippen molar-refractivity contribution in [2.45, 2.75) is 25.1 Å². The van der Waals surface area contributed by atoms with Crippen molar-refractivity contribution >= 4 is 11.8 Å². The lowest BCUT2D eigenvalue weighted by Crippen LogP contribution is -2.31. The third-order valence-electron chi connectivity index (χ3n) is 2.68. The molecule has 0 saturated carbocycles. The summed E-state index contributed by atoms with van der Waals surface area (Å²) in [5.74, 6) is 0.786. The number of nitrogens with one attached hydrogen (secondary N) is 1. The maximum absolute atomic E-state index is 8.54. The average molecular weight is 264 g/mol. The Morgan fingerprint density at radius 1 is 1.39 bits per heavy atom. The molecule has 4 heteroatoms. The van der Waals surface area contributed by atoms with Crippen molar-refractivity contribution in [2.75, 3.05) is 19.4 Å². The maximum Gasteiger partial charge on any atom is 0.174 e. The van der Waals surface area contributed by atoms with Gasteiger partial charge in [-0.05, 0) is 26.2 Å². The first-order valence-corrected chi connectivity index (χ1v) is 7.15. The normalized spacial score (nSPS) is 11.0. The Balaban J connectivity index is 2.54. The highest BCUT2D eigenvalue weighted by molar-refractivity contribution is 7.99. The fourth-order valence-electron chi connectivity index (χ4n) is 1.47. The van der Waals surface area contributed by atoms with Crippen molar-refractivity contribution in [3.05, 3.63) is 29.8 Å². The number of benzene rings is 1. The third-order valence-corrected chi connectivity index (χ3v) is 3.93. The van der Waals surface area contributed by atoms with Gasteiger partial charge in [0.2, 0.25) is 0 Å². The lowest BCUT2D eigenvalue weighted by molar-refractivity contribution is 0.362. The van der Waals surface area contributed by atoms with E-state index in [2.05, 4.69) is 25.4 Å². The second-order valence-corrected chi connectivity index (χ2v) is 6.14. The third kappa shape index (κ3) is 4.99. The lowest BCUT2D eigenvalue weighted by atomic mass is 10.1. The molecular formula is C14H20N2OS. The summed E-state index contributed by atoms with van der Waals surface area (Å²) in [6.45, 7) is 6.20. The van der Waals surface area contributed by atoms with Crippen molar-refractivity contribution in [3.8, 4) is 11.8 Å². The van der Waals surface area contributed by atoms with E-state index in [1.54, 1.807) is 0 Å². The molecule has 1 aromatic carbocycles. The van der Waals surface area contributed by atoms with Crippen molar-refractivity contribution in [2.24, 2.45) is 0 Å². The maximum atomic E-state index is 8.54. The number of rotatable bonds is 7. The van der Waals surface area contributed by atoms with Crippen molar-refractivity contribution in [1.82, 2.24) is 5.32 Å². The Labute approximate surface area is 114 Å². The van der Waals surface area contributed by atoms with Crippen LogP contribution < -0.4 is 10.1 Å². The van der Waals surface area contributed by atoms with E-state index in [0.29, 0.717) is 0 Å². The van der Waals surface area contributed by atoms with Crippen LogP contribution >= 0.6 is 11.8 Å². The molecule has 0 amide bonds. The summed E-state index contributed by atoms with van der Waals surface area (Å²) >= 11 is 1.84.